The van der Waals surface area contributed by atoms with Gasteiger partial charge in [-0.3, -0.25) is 4.57 Å². The maximum absolute atomic E-state index is 9.66. The average Bonchev–Trinajstić information content (AvgIpc) is 1.30. The van der Waals surface area contributed by atoms with E-state index in [0.29, 0.717) is 0 Å². The van der Waals surface area contributed by atoms with Gasteiger partial charge in [0.2, 0.25) is 0 Å². The Morgan fingerprint density at radius 2 is 2.14 bits per heavy atom. The van der Waals surface area contributed by atoms with E-state index in [2.05, 4.69) is 0 Å². The van der Waals surface area contributed by atoms with Crippen molar-refractivity contribution < 1.29 is 14.4 Å². The summed E-state index contributed by atoms with van der Waals surface area (Å²) in [6, 6.07) is 0. The zero-order valence-corrected chi connectivity index (χ0v) is 4.26. The van der Waals surface area contributed by atoms with Crippen molar-refractivity contribution >= 4 is 7.60 Å². The van der Waals surface area contributed by atoms with Crippen LogP contribution in [0.3, 0.4) is 0 Å². The molecule has 0 aliphatic rings. The minimum Gasteiger partial charge on any atom is -0.787 e. The van der Waals surface area contributed by atoms with Gasteiger partial charge in [-0.15, -0.1) is 0 Å². The lowest BCUT2D eigenvalue weighted by molar-refractivity contribution is 0.371. The zero-order valence-electron chi connectivity index (χ0n) is 3.37. The first-order chi connectivity index (χ1) is 3.06. The molecule has 0 saturated carbocycles. The molecule has 5 nitrogen and oxygen atoms in total. The van der Waals surface area contributed by atoms with Crippen LogP contribution >= 0.6 is 7.60 Å². The second-order valence-corrected chi connectivity index (χ2v) is 2.61. The first kappa shape index (κ1) is 7.07. The summed E-state index contributed by atoms with van der Waals surface area (Å²) in [7, 11) is -4.09. The molecule has 3 N–H and O–H groups in total. The van der Waals surface area contributed by atoms with E-state index in [0.717, 1.165) is 5.48 Å². The van der Waals surface area contributed by atoms with Crippen molar-refractivity contribution in [2.45, 2.75) is 0 Å². The summed E-state index contributed by atoms with van der Waals surface area (Å²) in [4.78, 5) is 15.7. The van der Waals surface area contributed by atoms with Gasteiger partial charge in [-0.1, -0.05) is 0 Å². The number of hydrogen-bond donors (Lipinski definition) is 3. The molecular formula is CH5NO4P-. The molecule has 0 rings (SSSR count). The molecule has 0 aromatic heterocycles. The van der Waals surface area contributed by atoms with Gasteiger partial charge in [-0.05, 0) is 0 Å². The van der Waals surface area contributed by atoms with Crippen LogP contribution in [-0.4, -0.2) is 16.1 Å². The molecule has 0 aliphatic carbocycles. The number of hydrogen-bond acceptors (Lipinski definition) is 3. The maximum Gasteiger partial charge on any atom is 0.338 e. The molecule has 0 aliphatic heterocycles. The summed E-state index contributed by atoms with van der Waals surface area (Å²) in [6.07, 6.45) is -0.799. The normalized spacial score (nSPS) is 11.9. The van der Waals surface area contributed by atoms with Crippen molar-refractivity contribution in [3.8, 4) is 0 Å². The molecule has 0 amide bonds. The predicted molar refractivity (Wildman–Crippen MR) is 23.4 cm³/mol. The monoisotopic (exact) mass is 126 g/mol. The Morgan fingerprint density at radius 1 is 1.71 bits per heavy atom. The Hall–Kier alpha value is 0.0700. The van der Waals surface area contributed by atoms with Crippen molar-refractivity contribution in [1.29, 1.82) is 0 Å². The second kappa shape index (κ2) is 2.40. The Kier molecular flexibility index (Phi) is 2.42. The minimum atomic E-state index is -4.09. The van der Waals surface area contributed by atoms with E-state index in [-0.39, 0.29) is 0 Å². The molecule has 0 heterocycles. The number of rotatable bonds is 2. The van der Waals surface area contributed by atoms with Gasteiger partial charge in [-0.25, -0.2) is 0 Å². The van der Waals surface area contributed by atoms with E-state index in [4.69, 9.17) is 9.79 Å². The summed E-state index contributed by atoms with van der Waals surface area (Å²) < 4.78 is 9.66. The fourth-order valence-corrected chi connectivity index (χ4v) is 0.252. The van der Waals surface area contributed by atoms with Gasteiger partial charge in [0, 0.05) is 0 Å². The average molecular weight is 126 g/mol. The Bertz CT molecular complexity index is 85.7. The maximum atomic E-state index is 9.66. The fourth-order valence-electron chi connectivity index (χ4n) is 0.0841. The highest BCUT2D eigenvalue weighted by Crippen LogP contribution is 2.31. The number of nitrogens with one attached hydrogen (secondary N) is 1. The van der Waals surface area contributed by atoms with Crippen LogP contribution < -0.4 is 5.48 Å². The zero-order chi connectivity index (χ0) is 5.91. The van der Waals surface area contributed by atoms with Gasteiger partial charge in [0.1, 0.15) is 0 Å². The standard InChI is InChI=1S/CH5NO4P/c3-2-1-7(4,5)6/h2H,1H2,(H2,4,5,6)/q-1. The first-order valence-electron chi connectivity index (χ1n) is 1.46. The van der Waals surface area contributed by atoms with Crippen LogP contribution in [0.4, 0.5) is 0 Å². The van der Waals surface area contributed by atoms with Gasteiger partial charge in [0.05, 0.1) is 6.29 Å². The molecule has 44 valence electrons. The molecule has 7 heavy (non-hydrogen) atoms. The highest BCUT2D eigenvalue weighted by Gasteiger charge is 2.06. The third kappa shape index (κ3) is 6.07. The third-order valence-corrected chi connectivity index (χ3v) is 0.812. The van der Waals surface area contributed by atoms with E-state index in [1.165, 1.54) is 0 Å². The molecule has 0 radical (unpaired) electrons. The molecule has 0 saturated heterocycles. The molecule has 0 aromatic carbocycles. The smallest absolute Gasteiger partial charge is 0.338 e. The van der Waals surface area contributed by atoms with E-state index in [1.54, 1.807) is 0 Å². The summed E-state index contributed by atoms with van der Waals surface area (Å²) in [5, 5.41) is 9.20. The van der Waals surface area contributed by atoms with E-state index in [1.807, 2.05) is 0 Å². The predicted octanol–water partition coefficient (Wildman–Crippen LogP) is -0.791. The molecule has 0 atom stereocenters. The highest BCUT2D eigenvalue weighted by atomic mass is 31.2. The Morgan fingerprint density at radius 3 is 2.14 bits per heavy atom. The minimum absolute atomic E-state index is 0.799. The third-order valence-electron chi connectivity index (χ3n) is 0.271. The van der Waals surface area contributed by atoms with Gasteiger partial charge < -0.3 is 20.5 Å². The summed E-state index contributed by atoms with van der Waals surface area (Å²) in [5.74, 6) is 0. The van der Waals surface area contributed by atoms with Crippen molar-refractivity contribution in [2.75, 3.05) is 6.29 Å². The Balaban J connectivity index is 3.36. The van der Waals surface area contributed by atoms with E-state index < -0.39 is 13.9 Å². The van der Waals surface area contributed by atoms with Gasteiger partial charge >= 0.3 is 7.60 Å². The lowest BCUT2D eigenvalue weighted by atomic mass is 11.5. The summed E-state index contributed by atoms with van der Waals surface area (Å²) >= 11 is 0. The van der Waals surface area contributed by atoms with Crippen LogP contribution in [0.2, 0.25) is 0 Å². The largest absolute Gasteiger partial charge is 0.787 e. The van der Waals surface area contributed by atoms with Gasteiger partial charge in [-0.2, -0.15) is 0 Å². The van der Waals surface area contributed by atoms with Crippen LogP contribution in [0.15, 0.2) is 0 Å². The molecule has 0 bridgehead atoms. The quantitative estimate of drug-likeness (QED) is 0.333. The summed E-state index contributed by atoms with van der Waals surface area (Å²) in [5.41, 5.74) is 1.09. The van der Waals surface area contributed by atoms with Crippen LogP contribution in [0.1, 0.15) is 0 Å². The summed E-state index contributed by atoms with van der Waals surface area (Å²) in [6.45, 7) is 0. The van der Waals surface area contributed by atoms with Crippen LogP contribution in [-0.2, 0) is 4.57 Å². The first-order valence-corrected chi connectivity index (χ1v) is 3.25. The lowest BCUT2D eigenvalue weighted by Gasteiger charge is -2.06. The van der Waals surface area contributed by atoms with Crippen LogP contribution in [0.25, 0.3) is 0 Å². The molecule has 0 fully saturated rings. The second-order valence-electron chi connectivity index (χ2n) is 0.967. The molecule has 0 spiro atoms. The molecule has 0 unspecified atom stereocenters. The van der Waals surface area contributed by atoms with Gasteiger partial charge in [0.15, 0.2) is 0 Å². The SMILES string of the molecule is O=P(O)(O)CN[O-]. The van der Waals surface area contributed by atoms with Crippen molar-refractivity contribution in [1.82, 2.24) is 5.48 Å². The topological polar surface area (TPSA) is 92.6 Å². The lowest BCUT2D eigenvalue weighted by Crippen LogP contribution is -2.04. The van der Waals surface area contributed by atoms with Crippen molar-refractivity contribution in [3.05, 3.63) is 5.21 Å². The number of hydroxylamine groups is 1. The van der Waals surface area contributed by atoms with Crippen LogP contribution in [0.5, 0.6) is 0 Å². The molecule has 0 aromatic rings. The van der Waals surface area contributed by atoms with E-state index >= 15 is 0 Å². The van der Waals surface area contributed by atoms with Crippen LogP contribution in [0, 0.1) is 5.21 Å². The van der Waals surface area contributed by atoms with Crippen molar-refractivity contribution in [3.63, 3.8) is 0 Å². The molecule has 6 heteroatoms. The highest BCUT2D eigenvalue weighted by molar-refractivity contribution is 7.51. The molecular weight excluding hydrogens is 121 g/mol. The fraction of sp³-hybridized carbons (Fsp3) is 1.00. The Labute approximate surface area is 40.1 Å². The van der Waals surface area contributed by atoms with Gasteiger partial charge in [0.25, 0.3) is 0 Å². The van der Waals surface area contributed by atoms with E-state index in [9.17, 15) is 9.77 Å². The van der Waals surface area contributed by atoms with Crippen molar-refractivity contribution in [2.24, 2.45) is 0 Å².